The largest absolute Gasteiger partial charge is 0.354 e. The minimum atomic E-state index is -0.524. The second-order valence-electron chi connectivity index (χ2n) is 4.82. The van der Waals surface area contributed by atoms with Crippen LogP contribution in [0.3, 0.4) is 0 Å². The van der Waals surface area contributed by atoms with Gasteiger partial charge in [-0.15, -0.1) is 0 Å². The maximum Gasteiger partial charge on any atom is 0.243 e. The molecule has 0 spiro atoms. The van der Waals surface area contributed by atoms with Crippen LogP contribution in [-0.2, 0) is 9.59 Å². The van der Waals surface area contributed by atoms with Gasteiger partial charge in [-0.3, -0.25) is 9.59 Å². The molecule has 1 fully saturated rings. The fourth-order valence-electron chi connectivity index (χ4n) is 1.82. The first-order valence-electron chi connectivity index (χ1n) is 5.62. The van der Waals surface area contributed by atoms with Crippen molar-refractivity contribution in [3.05, 3.63) is 0 Å². The van der Waals surface area contributed by atoms with Crippen molar-refractivity contribution in [1.29, 1.82) is 0 Å². The predicted molar refractivity (Wildman–Crippen MR) is 66.4 cm³/mol. The van der Waals surface area contributed by atoms with E-state index in [-0.39, 0.29) is 17.2 Å². The third-order valence-electron chi connectivity index (χ3n) is 3.13. The van der Waals surface area contributed by atoms with Crippen LogP contribution in [0.15, 0.2) is 0 Å². The van der Waals surface area contributed by atoms with E-state index in [2.05, 4.69) is 30.2 Å². The van der Waals surface area contributed by atoms with Crippen LogP contribution in [0.2, 0.25) is 0 Å². The van der Waals surface area contributed by atoms with Gasteiger partial charge in [-0.25, -0.2) is 0 Å². The van der Waals surface area contributed by atoms with Gasteiger partial charge in [0.25, 0.3) is 0 Å². The van der Waals surface area contributed by atoms with E-state index in [0.29, 0.717) is 12.3 Å². The van der Waals surface area contributed by atoms with Crippen molar-refractivity contribution in [3.63, 3.8) is 0 Å². The lowest BCUT2D eigenvalue weighted by Gasteiger charge is -2.38. The van der Waals surface area contributed by atoms with E-state index < -0.39 is 6.04 Å². The van der Waals surface area contributed by atoms with E-state index in [1.807, 2.05) is 0 Å². The molecule has 0 bridgehead atoms. The summed E-state index contributed by atoms with van der Waals surface area (Å²) in [6.07, 6.45) is 3.58. The standard InChI is InChI=1S/C11H20N2O2S/c1-8(14)13-9(6-16)10(15)12-7-11(2)4-3-5-11/h9,16H,3-7H2,1-2H3,(H,12,15)(H,13,14). The zero-order chi connectivity index (χ0) is 12.2. The first-order valence-corrected chi connectivity index (χ1v) is 6.26. The lowest BCUT2D eigenvalue weighted by Crippen LogP contribution is -2.50. The van der Waals surface area contributed by atoms with Gasteiger partial charge in [-0.2, -0.15) is 12.6 Å². The molecule has 1 aliphatic rings. The molecule has 1 atom stereocenters. The summed E-state index contributed by atoms with van der Waals surface area (Å²) in [6.45, 7) is 4.26. The lowest BCUT2D eigenvalue weighted by atomic mass is 9.70. The highest BCUT2D eigenvalue weighted by atomic mass is 32.1. The smallest absolute Gasteiger partial charge is 0.243 e. The van der Waals surface area contributed by atoms with E-state index >= 15 is 0 Å². The van der Waals surface area contributed by atoms with Crippen molar-refractivity contribution in [3.8, 4) is 0 Å². The Labute approximate surface area is 102 Å². The van der Waals surface area contributed by atoms with Crippen LogP contribution in [0.4, 0.5) is 0 Å². The Morgan fingerprint density at radius 1 is 1.44 bits per heavy atom. The Kier molecular flexibility index (Phi) is 4.65. The van der Waals surface area contributed by atoms with Crippen molar-refractivity contribution in [1.82, 2.24) is 10.6 Å². The molecule has 16 heavy (non-hydrogen) atoms. The average Bonchev–Trinajstić information content (AvgIpc) is 2.19. The molecule has 2 amide bonds. The molecule has 1 saturated carbocycles. The molecular weight excluding hydrogens is 224 g/mol. The molecule has 4 nitrogen and oxygen atoms in total. The predicted octanol–water partition coefficient (Wildman–Crippen LogP) is 0.727. The van der Waals surface area contributed by atoms with Crippen molar-refractivity contribution in [2.24, 2.45) is 5.41 Å². The zero-order valence-electron chi connectivity index (χ0n) is 9.88. The molecular formula is C11H20N2O2S. The molecule has 92 valence electrons. The van der Waals surface area contributed by atoms with Gasteiger partial charge < -0.3 is 10.6 Å². The van der Waals surface area contributed by atoms with Crippen LogP contribution in [0.5, 0.6) is 0 Å². The molecule has 1 rings (SSSR count). The maximum absolute atomic E-state index is 11.7. The SMILES string of the molecule is CC(=O)NC(CS)C(=O)NCC1(C)CCC1. The molecule has 1 aliphatic carbocycles. The van der Waals surface area contributed by atoms with Crippen LogP contribution in [0.25, 0.3) is 0 Å². The van der Waals surface area contributed by atoms with Gasteiger partial charge in [0, 0.05) is 19.2 Å². The van der Waals surface area contributed by atoms with Gasteiger partial charge in [0.2, 0.25) is 11.8 Å². The van der Waals surface area contributed by atoms with E-state index in [4.69, 9.17) is 0 Å². The summed E-state index contributed by atoms with van der Waals surface area (Å²) in [7, 11) is 0. The number of thiol groups is 1. The number of carbonyl (C=O) groups excluding carboxylic acids is 2. The number of rotatable bonds is 5. The quantitative estimate of drug-likeness (QED) is 0.624. The topological polar surface area (TPSA) is 58.2 Å². The highest BCUT2D eigenvalue weighted by molar-refractivity contribution is 7.80. The summed E-state index contributed by atoms with van der Waals surface area (Å²) in [4.78, 5) is 22.6. The fourth-order valence-corrected chi connectivity index (χ4v) is 2.08. The first kappa shape index (κ1) is 13.4. The molecule has 0 aromatic rings. The third kappa shape index (κ3) is 3.70. The summed E-state index contributed by atoms with van der Waals surface area (Å²) in [5.74, 6) is -0.0235. The molecule has 0 heterocycles. The molecule has 0 aromatic carbocycles. The molecule has 0 radical (unpaired) electrons. The second kappa shape index (κ2) is 5.57. The van der Waals surface area contributed by atoms with Crippen molar-refractivity contribution in [2.75, 3.05) is 12.3 Å². The van der Waals surface area contributed by atoms with Crippen LogP contribution >= 0.6 is 12.6 Å². The maximum atomic E-state index is 11.7. The molecule has 2 N–H and O–H groups in total. The van der Waals surface area contributed by atoms with Gasteiger partial charge >= 0.3 is 0 Å². The normalized spacial score (nSPS) is 19.4. The van der Waals surface area contributed by atoms with Crippen molar-refractivity contribution in [2.45, 2.75) is 39.2 Å². The summed E-state index contributed by atoms with van der Waals surface area (Å²) < 4.78 is 0. The minimum Gasteiger partial charge on any atom is -0.354 e. The third-order valence-corrected chi connectivity index (χ3v) is 3.49. The highest BCUT2D eigenvalue weighted by Gasteiger charge is 2.32. The van der Waals surface area contributed by atoms with E-state index in [9.17, 15) is 9.59 Å². The van der Waals surface area contributed by atoms with Gasteiger partial charge in [0.05, 0.1) is 0 Å². The Hall–Kier alpha value is -0.710. The molecule has 0 saturated heterocycles. The molecule has 1 unspecified atom stereocenters. The Morgan fingerprint density at radius 3 is 2.44 bits per heavy atom. The van der Waals surface area contributed by atoms with Gasteiger partial charge in [0.15, 0.2) is 0 Å². The Bertz CT molecular complexity index is 277. The second-order valence-corrected chi connectivity index (χ2v) is 5.18. The molecule has 0 aromatic heterocycles. The average molecular weight is 244 g/mol. The lowest BCUT2D eigenvalue weighted by molar-refractivity contribution is -0.128. The first-order chi connectivity index (χ1) is 7.47. The number of carbonyl (C=O) groups is 2. The summed E-state index contributed by atoms with van der Waals surface area (Å²) in [6, 6.07) is -0.524. The zero-order valence-corrected chi connectivity index (χ0v) is 10.8. The summed E-state index contributed by atoms with van der Waals surface area (Å²) in [5.41, 5.74) is 0.257. The van der Waals surface area contributed by atoms with E-state index in [0.717, 1.165) is 0 Å². The molecule has 0 aliphatic heterocycles. The van der Waals surface area contributed by atoms with E-state index in [1.54, 1.807) is 0 Å². The minimum absolute atomic E-state index is 0.140. The van der Waals surface area contributed by atoms with Crippen LogP contribution in [0, 0.1) is 5.41 Å². The Morgan fingerprint density at radius 2 is 2.06 bits per heavy atom. The monoisotopic (exact) mass is 244 g/mol. The van der Waals surface area contributed by atoms with Crippen molar-refractivity contribution < 1.29 is 9.59 Å². The fraction of sp³-hybridized carbons (Fsp3) is 0.818. The van der Waals surface area contributed by atoms with Gasteiger partial charge in [-0.05, 0) is 18.3 Å². The van der Waals surface area contributed by atoms with Gasteiger partial charge in [0.1, 0.15) is 6.04 Å². The van der Waals surface area contributed by atoms with Crippen molar-refractivity contribution >= 4 is 24.4 Å². The number of hydrogen-bond donors (Lipinski definition) is 3. The number of hydrogen-bond acceptors (Lipinski definition) is 3. The van der Waals surface area contributed by atoms with E-state index in [1.165, 1.54) is 26.2 Å². The van der Waals surface area contributed by atoms with Crippen LogP contribution in [0.1, 0.15) is 33.1 Å². The summed E-state index contributed by atoms with van der Waals surface area (Å²) in [5, 5.41) is 5.45. The Balaban J connectivity index is 2.34. The molecule has 5 heteroatoms. The van der Waals surface area contributed by atoms with Gasteiger partial charge in [-0.1, -0.05) is 13.3 Å². The highest BCUT2D eigenvalue weighted by Crippen LogP contribution is 2.39. The number of nitrogens with one attached hydrogen (secondary N) is 2. The van der Waals surface area contributed by atoms with Crippen LogP contribution in [-0.4, -0.2) is 30.2 Å². The van der Waals surface area contributed by atoms with Crippen LogP contribution < -0.4 is 10.6 Å². The summed E-state index contributed by atoms with van der Waals surface area (Å²) >= 11 is 4.06. The number of amides is 2.